The maximum absolute atomic E-state index is 13.2. The van der Waals surface area contributed by atoms with Crippen LogP contribution in [0.15, 0.2) is 45.3 Å². The highest BCUT2D eigenvalue weighted by Crippen LogP contribution is 2.18. The van der Waals surface area contributed by atoms with Crippen LogP contribution in [0.1, 0.15) is 56.1 Å². The van der Waals surface area contributed by atoms with Crippen LogP contribution >= 0.6 is 31.9 Å². The molecule has 0 radical (unpaired) electrons. The summed E-state index contributed by atoms with van der Waals surface area (Å²) in [5.74, 6) is 4.78. The number of carbonyl (C=O) groups is 2. The van der Waals surface area contributed by atoms with E-state index >= 15 is 0 Å². The standard InChI is InChI=1S/C13H16BrFO2.C13H12BrFO2/c2*1-17-13(16)6-4-2-3-5-10-7-8-11(14)12(15)9-10/h7-9H,2-6H2,1H3;7-9H,2,4,6H2,1H3. The minimum atomic E-state index is -0.327. The number of ether oxygens (including phenoxy) is 2. The van der Waals surface area contributed by atoms with Crippen molar-refractivity contribution >= 4 is 43.8 Å². The second kappa shape index (κ2) is 17.2. The number of aryl methyl sites for hydroxylation is 1. The first-order chi connectivity index (χ1) is 16.3. The fourth-order valence-electron chi connectivity index (χ4n) is 2.73. The van der Waals surface area contributed by atoms with Crippen molar-refractivity contribution in [2.45, 2.75) is 51.4 Å². The van der Waals surface area contributed by atoms with Gasteiger partial charge in [-0.1, -0.05) is 24.3 Å². The Bertz CT molecular complexity index is 1000. The van der Waals surface area contributed by atoms with Crippen LogP contribution in [0.4, 0.5) is 8.78 Å². The van der Waals surface area contributed by atoms with Crippen LogP contribution in [0.2, 0.25) is 0 Å². The molecule has 2 rings (SSSR count). The smallest absolute Gasteiger partial charge is 0.305 e. The lowest BCUT2D eigenvalue weighted by Gasteiger charge is -2.03. The summed E-state index contributed by atoms with van der Waals surface area (Å²) in [6.07, 6.45) is 5.64. The van der Waals surface area contributed by atoms with Gasteiger partial charge in [-0.3, -0.25) is 9.59 Å². The van der Waals surface area contributed by atoms with Gasteiger partial charge in [-0.2, -0.15) is 0 Å². The van der Waals surface area contributed by atoms with Gasteiger partial charge in [0.2, 0.25) is 0 Å². The van der Waals surface area contributed by atoms with Crippen LogP contribution in [0.25, 0.3) is 0 Å². The van der Waals surface area contributed by atoms with Crippen LogP contribution in [-0.2, 0) is 25.5 Å². The molecule has 0 saturated heterocycles. The second-order valence-corrected chi connectivity index (χ2v) is 8.95. The number of rotatable bonds is 9. The maximum Gasteiger partial charge on any atom is 0.305 e. The third-order valence-corrected chi connectivity index (χ3v) is 5.91. The molecule has 0 atom stereocenters. The number of carbonyl (C=O) groups excluding carboxylic acids is 2. The second-order valence-electron chi connectivity index (χ2n) is 7.25. The van der Waals surface area contributed by atoms with E-state index in [9.17, 15) is 18.4 Å². The summed E-state index contributed by atoms with van der Waals surface area (Å²) in [7, 11) is 2.76. The Morgan fingerprint density at radius 2 is 1.41 bits per heavy atom. The Kier molecular flexibility index (Phi) is 15.1. The number of halogens is 4. The summed E-state index contributed by atoms with van der Waals surface area (Å²) in [5.41, 5.74) is 1.62. The monoisotopic (exact) mass is 600 g/mol. The van der Waals surface area contributed by atoms with Crippen LogP contribution < -0.4 is 0 Å². The van der Waals surface area contributed by atoms with E-state index in [4.69, 9.17) is 0 Å². The van der Waals surface area contributed by atoms with Crippen molar-refractivity contribution in [2.24, 2.45) is 0 Å². The lowest BCUT2D eigenvalue weighted by Crippen LogP contribution is -1.99. The van der Waals surface area contributed by atoms with Crippen molar-refractivity contribution in [1.82, 2.24) is 0 Å². The van der Waals surface area contributed by atoms with Gasteiger partial charge < -0.3 is 9.47 Å². The average Bonchev–Trinajstić information content (AvgIpc) is 2.83. The van der Waals surface area contributed by atoms with E-state index in [1.165, 1.54) is 20.3 Å². The van der Waals surface area contributed by atoms with Gasteiger partial charge in [0.1, 0.15) is 11.6 Å². The molecule has 0 aliphatic carbocycles. The molecule has 0 amide bonds. The first-order valence-electron chi connectivity index (χ1n) is 10.8. The molecule has 0 aliphatic heterocycles. The molecular formula is C26H28Br2F2O4. The highest BCUT2D eigenvalue weighted by Gasteiger charge is 2.02. The molecule has 0 aliphatic rings. The molecule has 184 valence electrons. The van der Waals surface area contributed by atoms with E-state index in [1.807, 2.05) is 6.07 Å². The topological polar surface area (TPSA) is 52.6 Å². The zero-order valence-corrected chi connectivity index (χ0v) is 22.4. The van der Waals surface area contributed by atoms with Gasteiger partial charge in [0.15, 0.2) is 0 Å². The van der Waals surface area contributed by atoms with Crippen LogP contribution in [-0.4, -0.2) is 26.2 Å². The van der Waals surface area contributed by atoms with Crippen LogP contribution in [0, 0.1) is 23.5 Å². The predicted octanol–water partition coefficient (Wildman–Crippen LogP) is 7.15. The molecule has 0 bridgehead atoms. The molecule has 0 fully saturated rings. The molecule has 34 heavy (non-hydrogen) atoms. The zero-order chi connectivity index (χ0) is 25.3. The summed E-state index contributed by atoms with van der Waals surface area (Å²) in [5, 5.41) is 0. The average molecular weight is 602 g/mol. The zero-order valence-electron chi connectivity index (χ0n) is 19.3. The van der Waals surface area contributed by atoms with Crippen LogP contribution in [0.3, 0.4) is 0 Å². The van der Waals surface area contributed by atoms with E-state index in [2.05, 4.69) is 53.2 Å². The van der Waals surface area contributed by atoms with Gasteiger partial charge >= 0.3 is 11.9 Å². The van der Waals surface area contributed by atoms with Crippen LogP contribution in [0.5, 0.6) is 0 Å². The Morgan fingerprint density at radius 1 is 0.824 bits per heavy atom. The summed E-state index contributed by atoms with van der Waals surface area (Å²) < 4.78 is 36.3. The van der Waals surface area contributed by atoms with E-state index in [0.717, 1.165) is 31.2 Å². The Labute approximate surface area is 216 Å². The fourth-order valence-corrected chi connectivity index (χ4v) is 3.23. The van der Waals surface area contributed by atoms with Gasteiger partial charge in [-0.15, -0.1) is 0 Å². The molecule has 0 unspecified atom stereocenters. The van der Waals surface area contributed by atoms with Gasteiger partial charge in [0.05, 0.1) is 23.2 Å². The highest BCUT2D eigenvalue weighted by molar-refractivity contribution is 9.10. The summed E-state index contributed by atoms with van der Waals surface area (Å²) in [4.78, 5) is 21.7. The van der Waals surface area contributed by atoms with Crippen molar-refractivity contribution < 1.29 is 27.8 Å². The highest BCUT2D eigenvalue weighted by atomic mass is 79.9. The molecule has 0 aromatic heterocycles. The number of methoxy groups -OCH3 is 2. The molecule has 0 saturated carbocycles. The van der Waals surface area contributed by atoms with E-state index in [0.29, 0.717) is 40.2 Å². The quantitative estimate of drug-likeness (QED) is 0.174. The van der Waals surface area contributed by atoms with Crippen molar-refractivity contribution in [3.8, 4) is 11.8 Å². The molecule has 2 aromatic carbocycles. The molecule has 8 heteroatoms. The fraction of sp³-hybridized carbons (Fsp3) is 0.385. The molecule has 4 nitrogen and oxygen atoms in total. The number of benzene rings is 2. The van der Waals surface area contributed by atoms with Crippen molar-refractivity contribution in [3.63, 3.8) is 0 Å². The third kappa shape index (κ3) is 12.9. The molecule has 2 aromatic rings. The normalized spacial score (nSPS) is 9.82. The minimum Gasteiger partial charge on any atom is -0.469 e. The van der Waals surface area contributed by atoms with Gasteiger partial charge in [0.25, 0.3) is 0 Å². The summed E-state index contributed by atoms with van der Waals surface area (Å²) in [6.45, 7) is 0. The molecule has 0 spiro atoms. The Hall–Kier alpha value is -2.24. The Morgan fingerprint density at radius 3 is 2.00 bits per heavy atom. The van der Waals surface area contributed by atoms with Gasteiger partial charge in [-0.25, -0.2) is 8.78 Å². The van der Waals surface area contributed by atoms with Gasteiger partial charge in [0, 0.05) is 24.8 Å². The lowest BCUT2D eigenvalue weighted by atomic mass is 10.1. The lowest BCUT2D eigenvalue weighted by molar-refractivity contribution is -0.141. The SMILES string of the molecule is COC(=O)CCCC#Cc1ccc(Br)c(F)c1.COC(=O)CCCCCc1ccc(Br)c(F)c1. The summed E-state index contributed by atoms with van der Waals surface area (Å²) >= 11 is 6.19. The van der Waals surface area contributed by atoms with Gasteiger partial charge in [-0.05, 0) is 93.4 Å². The third-order valence-electron chi connectivity index (χ3n) is 4.62. The predicted molar refractivity (Wildman–Crippen MR) is 135 cm³/mol. The summed E-state index contributed by atoms with van der Waals surface area (Å²) in [6, 6.07) is 9.91. The first kappa shape index (κ1) is 29.8. The number of hydrogen-bond acceptors (Lipinski definition) is 4. The van der Waals surface area contributed by atoms with E-state index in [1.54, 1.807) is 24.3 Å². The molecular weight excluding hydrogens is 574 g/mol. The molecule has 0 N–H and O–H groups in total. The largest absolute Gasteiger partial charge is 0.469 e. The number of esters is 2. The maximum atomic E-state index is 13.2. The van der Waals surface area contributed by atoms with E-state index in [-0.39, 0.29) is 23.6 Å². The van der Waals surface area contributed by atoms with Crippen molar-refractivity contribution in [2.75, 3.05) is 14.2 Å². The molecule has 0 heterocycles. The van der Waals surface area contributed by atoms with E-state index < -0.39 is 0 Å². The van der Waals surface area contributed by atoms with Crippen molar-refractivity contribution in [3.05, 3.63) is 68.1 Å². The first-order valence-corrected chi connectivity index (χ1v) is 12.4. The Balaban J connectivity index is 0.000000340. The van der Waals surface area contributed by atoms with Crippen molar-refractivity contribution in [1.29, 1.82) is 0 Å². The minimum absolute atomic E-state index is 0.167. The number of hydrogen-bond donors (Lipinski definition) is 0. The number of unbranched alkanes of at least 4 members (excludes halogenated alkanes) is 3.